The number of carbonyl (C=O) groups is 1. The molecule has 4 rings (SSSR count). The highest BCUT2D eigenvalue weighted by atomic mass is 32.2. The lowest BCUT2D eigenvalue weighted by molar-refractivity contribution is -0.113. The molecule has 3 aromatic rings. The van der Waals surface area contributed by atoms with Gasteiger partial charge in [-0.3, -0.25) is 4.79 Å². The van der Waals surface area contributed by atoms with Crippen LogP contribution in [-0.2, 0) is 11.2 Å². The van der Waals surface area contributed by atoms with Crippen LogP contribution in [0.4, 0.5) is 5.69 Å². The van der Waals surface area contributed by atoms with E-state index in [1.54, 1.807) is 32.4 Å². The number of nitrogens with one attached hydrogen (secondary N) is 1. The molecule has 8 heteroatoms. The molecular weight excluding hydrogens is 436 g/mol. The minimum atomic E-state index is -0.119. The largest absolute Gasteiger partial charge is 0.497 e. The highest BCUT2D eigenvalue weighted by molar-refractivity contribution is 7.99. The van der Waals surface area contributed by atoms with Crippen LogP contribution in [-0.4, -0.2) is 40.6 Å². The zero-order valence-electron chi connectivity index (χ0n) is 19.1. The monoisotopic (exact) mass is 466 g/mol. The molecule has 0 aliphatic heterocycles. The van der Waals surface area contributed by atoms with Crippen LogP contribution in [0.25, 0.3) is 0 Å². The fourth-order valence-electron chi connectivity index (χ4n) is 4.23. The number of thioether (sulfide) groups is 1. The molecule has 7 nitrogen and oxygen atoms in total. The molecule has 0 spiro atoms. The molecule has 2 aromatic carbocycles. The first-order valence-corrected chi connectivity index (χ1v) is 12.3. The Morgan fingerprint density at radius 3 is 2.58 bits per heavy atom. The van der Waals surface area contributed by atoms with Crippen LogP contribution in [0.5, 0.6) is 11.5 Å². The molecular formula is C25H30N4O3S. The Bertz CT molecular complexity index is 1060. The highest BCUT2D eigenvalue weighted by Gasteiger charge is 2.23. The average molecular weight is 467 g/mol. The number of ether oxygens (including phenoxy) is 2. The van der Waals surface area contributed by atoms with Crippen molar-refractivity contribution in [1.82, 2.24) is 14.8 Å². The Kier molecular flexibility index (Phi) is 7.88. The Balaban J connectivity index is 1.47. The molecule has 0 radical (unpaired) electrons. The van der Waals surface area contributed by atoms with Crippen LogP contribution >= 0.6 is 11.8 Å². The number of hydrogen-bond donors (Lipinski definition) is 1. The van der Waals surface area contributed by atoms with Crippen molar-refractivity contribution < 1.29 is 14.3 Å². The summed E-state index contributed by atoms with van der Waals surface area (Å²) in [5.41, 5.74) is 1.82. The molecule has 1 amide bonds. The first-order chi connectivity index (χ1) is 16.2. The Labute approximate surface area is 198 Å². The van der Waals surface area contributed by atoms with Gasteiger partial charge in [0.15, 0.2) is 5.16 Å². The molecule has 1 aliphatic carbocycles. The van der Waals surface area contributed by atoms with Crippen LogP contribution in [0.2, 0.25) is 0 Å². The first-order valence-electron chi connectivity index (χ1n) is 11.3. The van der Waals surface area contributed by atoms with E-state index < -0.39 is 0 Å². The quantitative estimate of drug-likeness (QED) is 0.441. The van der Waals surface area contributed by atoms with Gasteiger partial charge in [0, 0.05) is 18.5 Å². The fraction of sp³-hybridized carbons (Fsp3) is 0.400. The number of methoxy groups -OCH3 is 2. The zero-order chi connectivity index (χ0) is 23.0. The Morgan fingerprint density at radius 1 is 1.06 bits per heavy atom. The van der Waals surface area contributed by atoms with E-state index >= 15 is 0 Å². The fourth-order valence-corrected chi connectivity index (χ4v) is 5.05. The normalized spacial score (nSPS) is 14.1. The standard InChI is InChI=1S/C25H30N4O3S/c1-31-20-13-14-21(22(16-20)32-2)26-24(30)17-33-25-28-27-23(15-18-9-5-3-6-10-18)29(25)19-11-7-4-8-12-19/h3,5-6,9-10,13-14,16,19H,4,7-8,11-12,15,17H2,1-2H3,(H,26,30). The van der Waals surface area contributed by atoms with Gasteiger partial charge in [0.25, 0.3) is 0 Å². The lowest BCUT2D eigenvalue weighted by atomic mass is 9.95. The number of hydrogen-bond acceptors (Lipinski definition) is 6. The third-order valence-corrected chi connectivity index (χ3v) is 6.84. The molecule has 0 bridgehead atoms. The van der Waals surface area contributed by atoms with E-state index in [2.05, 4.69) is 32.2 Å². The second-order valence-electron chi connectivity index (χ2n) is 8.13. The summed E-state index contributed by atoms with van der Waals surface area (Å²) in [4.78, 5) is 12.7. The topological polar surface area (TPSA) is 78.3 Å². The smallest absolute Gasteiger partial charge is 0.234 e. The van der Waals surface area contributed by atoms with Gasteiger partial charge in [0.1, 0.15) is 17.3 Å². The van der Waals surface area contributed by atoms with E-state index in [1.165, 1.54) is 36.6 Å². The van der Waals surface area contributed by atoms with Crippen molar-refractivity contribution in [2.75, 3.05) is 25.3 Å². The number of anilines is 1. The highest BCUT2D eigenvalue weighted by Crippen LogP contribution is 2.34. The van der Waals surface area contributed by atoms with Gasteiger partial charge in [-0.25, -0.2) is 0 Å². The van der Waals surface area contributed by atoms with Crippen LogP contribution in [0.1, 0.15) is 49.5 Å². The second kappa shape index (κ2) is 11.2. The first kappa shape index (κ1) is 23.2. The van der Waals surface area contributed by atoms with Crippen molar-refractivity contribution >= 4 is 23.4 Å². The van der Waals surface area contributed by atoms with Gasteiger partial charge in [0.05, 0.1) is 25.7 Å². The van der Waals surface area contributed by atoms with Crippen molar-refractivity contribution in [2.24, 2.45) is 0 Å². The Hall–Kier alpha value is -3.00. The number of benzene rings is 2. The van der Waals surface area contributed by atoms with Crippen molar-refractivity contribution in [3.05, 3.63) is 59.9 Å². The van der Waals surface area contributed by atoms with Crippen molar-refractivity contribution in [1.29, 1.82) is 0 Å². The number of rotatable bonds is 9. The zero-order valence-corrected chi connectivity index (χ0v) is 19.9. The molecule has 0 saturated heterocycles. The molecule has 0 atom stereocenters. The predicted molar refractivity (Wildman–Crippen MR) is 130 cm³/mol. The van der Waals surface area contributed by atoms with Gasteiger partial charge < -0.3 is 19.4 Å². The lowest BCUT2D eigenvalue weighted by Crippen LogP contribution is -2.18. The SMILES string of the molecule is COc1ccc(NC(=O)CSc2nnc(Cc3ccccc3)n2C2CCCCC2)c(OC)c1. The van der Waals surface area contributed by atoms with Gasteiger partial charge in [-0.05, 0) is 30.5 Å². The van der Waals surface area contributed by atoms with E-state index in [0.29, 0.717) is 23.2 Å². The number of nitrogens with zero attached hydrogens (tertiary/aromatic N) is 3. The summed E-state index contributed by atoms with van der Waals surface area (Å²) in [6.45, 7) is 0. The van der Waals surface area contributed by atoms with E-state index in [0.717, 1.165) is 30.2 Å². The summed E-state index contributed by atoms with van der Waals surface area (Å²) in [5, 5.41) is 12.7. The summed E-state index contributed by atoms with van der Waals surface area (Å²) in [5.74, 6) is 2.32. The maximum Gasteiger partial charge on any atom is 0.234 e. The molecule has 1 N–H and O–H groups in total. The third-order valence-electron chi connectivity index (χ3n) is 5.90. The third kappa shape index (κ3) is 5.87. The van der Waals surface area contributed by atoms with Crippen molar-refractivity contribution in [3.8, 4) is 11.5 Å². The van der Waals surface area contributed by atoms with Gasteiger partial charge in [-0.1, -0.05) is 61.4 Å². The minimum Gasteiger partial charge on any atom is -0.497 e. The van der Waals surface area contributed by atoms with E-state index in [9.17, 15) is 4.79 Å². The summed E-state index contributed by atoms with van der Waals surface area (Å²) in [6.07, 6.45) is 6.71. The lowest BCUT2D eigenvalue weighted by Gasteiger charge is -2.25. The van der Waals surface area contributed by atoms with Gasteiger partial charge in [-0.2, -0.15) is 0 Å². The van der Waals surface area contributed by atoms with Gasteiger partial charge in [0.2, 0.25) is 5.91 Å². The number of aromatic nitrogens is 3. The second-order valence-corrected chi connectivity index (χ2v) is 9.07. The molecule has 1 aromatic heterocycles. The molecule has 1 saturated carbocycles. The maximum atomic E-state index is 12.7. The minimum absolute atomic E-state index is 0.119. The van der Waals surface area contributed by atoms with Crippen LogP contribution < -0.4 is 14.8 Å². The van der Waals surface area contributed by atoms with E-state index in [4.69, 9.17) is 9.47 Å². The van der Waals surface area contributed by atoms with Gasteiger partial charge >= 0.3 is 0 Å². The summed E-state index contributed by atoms with van der Waals surface area (Å²) in [7, 11) is 3.16. The molecule has 1 fully saturated rings. The summed E-state index contributed by atoms with van der Waals surface area (Å²) >= 11 is 1.43. The van der Waals surface area contributed by atoms with Crippen LogP contribution in [0.3, 0.4) is 0 Å². The molecule has 0 unspecified atom stereocenters. The molecule has 174 valence electrons. The summed E-state index contributed by atoms with van der Waals surface area (Å²) in [6, 6.07) is 16.0. The van der Waals surface area contributed by atoms with Crippen molar-refractivity contribution in [3.63, 3.8) is 0 Å². The number of carbonyl (C=O) groups excluding carboxylic acids is 1. The van der Waals surface area contributed by atoms with Crippen LogP contribution in [0, 0.1) is 0 Å². The molecule has 1 heterocycles. The average Bonchev–Trinajstić information content (AvgIpc) is 3.26. The van der Waals surface area contributed by atoms with E-state index in [-0.39, 0.29) is 11.7 Å². The molecule has 1 aliphatic rings. The van der Waals surface area contributed by atoms with E-state index in [1.807, 2.05) is 18.2 Å². The van der Waals surface area contributed by atoms with Gasteiger partial charge in [-0.15, -0.1) is 10.2 Å². The molecule has 33 heavy (non-hydrogen) atoms. The van der Waals surface area contributed by atoms with Crippen molar-refractivity contribution in [2.45, 2.75) is 49.7 Å². The predicted octanol–water partition coefficient (Wildman–Crippen LogP) is 5.12. The number of amides is 1. The van der Waals surface area contributed by atoms with Crippen LogP contribution in [0.15, 0.2) is 53.7 Å². The Morgan fingerprint density at radius 2 is 1.85 bits per heavy atom. The summed E-state index contributed by atoms with van der Waals surface area (Å²) < 4.78 is 12.9. The maximum absolute atomic E-state index is 12.7.